The fourth-order valence-electron chi connectivity index (χ4n) is 1.06. The Morgan fingerprint density at radius 2 is 2.33 bits per heavy atom. The molecule has 2 aromatic heterocycles. The molecular formula is C10H11N3OS. The van der Waals surface area contributed by atoms with Gasteiger partial charge in [0.2, 0.25) is 5.89 Å². The minimum absolute atomic E-state index is 0.655. The zero-order chi connectivity index (χ0) is 10.5. The van der Waals surface area contributed by atoms with Crippen molar-refractivity contribution in [3.63, 3.8) is 0 Å². The van der Waals surface area contributed by atoms with E-state index >= 15 is 0 Å². The Labute approximate surface area is 92.1 Å². The lowest BCUT2D eigenvalue weighted by Gasteiger charge is -1.94. The van der Waals surface area contributed by atoms with E-state index in [1.54, 1.807) is 18.0 Å². The van der Waals surface area contributed by atoms with Gasteiger partial charge in [-0.2, -0.15) is 4.98 Å². The molecule has 4 nitrogen and oxygen atoms in total. The van der Waals surface area contributed by atoms with Crippen LogP contribution in [0.25, 0.3) is 0 Å². The zero-order valence-electron chi connectivity index (χ0n) is 8.38. The van der Waals surface area contributed by atoms with Gasteiger partial charge in [0.25, 0.3) is 0 Å². The summed E-state index contributed by atoms with van der Waals surface area (Å²) in [5, 5.41) is 4.79. The highest BCUT2D eigenvalue weighted by Crippen LogP contribution is 2.18. The second-order valence-corrected chi connectivity index (χ2v) is 3.91. The van der Waals surface area contributed by atoms with Crippen molar-refractivity contribution in [2.75, 3.05) is 0 Å². The van der Waals surface area contributed by atoms with E-state index in [2.05, 4.69) is 15.1 Å². The van der Waals surface area contributed by atoms with Crippen LogP contribution in [0.4, 0.5) is 0 Å². The van der Waals surface area contributed by atoms with Crippen LogP contribution < -0.4 is 0 Å². The number of thioether (sulfide) groups is 1. The van der Waals surface area contributed by atoms with Crippen molar-refractivity contribution >= 4 is 11.8 Å². The highest BCUT2D eigenvalue weighted by Gasteiger charge is 2.05. The van der Waals surface area contributed by atoms with Crippen molar-refractivity contribution in [3.05, 3.63) is 36.1 Å². The second-order valence-electron chi connectivity index (χ2n) is 2.91. The third-order valence-electron chi connectivity index (χ3n) is 1.81. The molecule has 0 aliphatic carbocycles. The smallest absolute Gasteiger partial charge is 0.237 e. The van der Waals surface area contributed by atoms with E-state index in [1.807, 2.05) is 25.1 Å². The third-order valence-corrected chi connectivity index (χ3v) is 2.74. The van der Waals surface area contributed by atoms with Gasteiger partial charge in [0.1, 0.15) is 0 Å². The van der Waals surface area contributed by atoms with Gasteiger partial charge < -0.3 is 4.52 Å². The fraction of sp³-hybridized carbons (Fsp3) is 0.300. The Hall–Kier alpha value is -1.36. The molecule has 0 atom stereocenters. The van der Waals surface area contributed by atoms with Gasteiger partial charge in [-0.3, -0.25) is 0 Å². The maximum atomic E-state index is 5.07. The maximum absolute atomic E-state index is 5.07. The Bertz CT molecular complexity index is 416. The molecule has 0 bridgehead atoms. The summed E-state index contributed by atoms with van der Waals surface area (Å²) in [5.41, 5.74) is 0. The van der Waals surface area contributed by atoms with E-state index < -0.39 is 0 Å². The summed E-state index contributed by atoms with van der Waals surface area (Å²) in [6, 6.07) is 5.81. The van der Waals surface area contributed by atoms with Crippen LogP contribution in [0.1, 0.15) is 18.6 Å². The van der Waals surface area contributed by atoms with Crippen LogP contribution >= 0.6 is 11.8 Å². The Balaban J connectivity index is 1.93. The Morgan fingerprint density at radius 1 is 1.40 bits per heavy atom. The highest BCUT2D eigenvalue weighted by molar-refractivity contribution is 7.98. The molecule has 0 aromatic carbocycles. The van der Waals surface area contributed by atoms with E-state index in [4.69, 9.17) is 4.52 Å². The van der Waals surface area contributed by atoms with E-state index in [0.717, 1.165) is 17.3 Å². The van der Waals surface area contributed by atoms with Crippen LogP contribution in [0.5, 0.6) is 0 Å². The van der Waals surface area contributed by atoms with Crippen molar-refractivity contribution in [1.29, 1.82) is 0 Å². The van der Waals surface area contributed by atoms with Crippen LogP contribution in [-0.2, 0) is 12.2 Å². The van der Waals surface area contributed by atoms with Crippen LogP contribution in [0.2, 0.25) is 0 Å². The van der Waals surface area contributed by atoms with Crippen molar-refractivity contribution in [2.24, 2.45) is 0 Å². The summed E-state index contributed by atoms with van der Waals surface area (Å²) in [4.78, 5) is 8.41. The van der Waals surface area contributed by atoms with Crippen LogP contribution in [0.15, 0.2) is 33.9 Å². The number of nitrogens with zero attached hydrogens (tertiary/aromatic N) is 3. The van der Waals surface area contributed by atoms with Crippen LogP contribution in [-0.4, -0.2) is 15.1 Å². The van der Waals surface area contributed by atoms with Crippen molar-refractivity contribution in [3.8, 4) is 0 Å². The normalized spacial score (nSPS) is 10.5. The second kappa shape index (κ2) is 4.93. The number of hydrogen-bond acceptors (Lipinski definition) is 5. The molecule has 78 valence electrons. The maximum Gasteiger partial charge on any atom is 0.237 e. The fourth-order valence-corrected chi connectivity index (χ4v) is 1.76. The molecule has 0 aliphatic rings. The van der Waals surface area contributed by atoms with Crippen LogP contribution in [0, 0.1) is 0 Å². The molecule has 0 spiro atoms. The monoisotopic (exact) mass is 221 g/mol. The predicted molar refractivity (Wildman–Crippen MR) is 57.5 cm³/mol. The number of aryl methyl sites for hydroxylation is 1. The molecule has 0 N–H and O–H groups in total. The van der Waals surface area contributed by atoms with Gasteiger partial charge in [0, 0.05) is 12.6 Å². The number of rotatable bonds is 4. The van der Waals surface area contributed by atoms with Gasteiger partial charge in [0.15, 0.2) is 5.82 Å². The summed E-state index contributed by atoms with van der Waals surface area (Å²) >= 11 is 1.59. The first-order chi connectivity index (χ1) is 7.38. The first-order valence-electron chi connectivity index (χ1n) is 4.74. The van der Waals surface area contributed by atoms with Crippen molar-refractivity contribution in [2.45, 2.75) is 24.1 Å². The van der Waals surface area contributed by atoms with Crippen molar-refractivity contribution < 1.29 is 4.52 Å². The van der Waals surface area contributed by atoms with Crippen LogP contribution in [0.3, 0.4) is 0 Å². The lowest BCUT2D eigenvalue weighted by molar-refractivity contribution is 0.385. The van der Waals surface area contributed by atoms with Gasteiger partial charge in [-0.15, -0.1) is 0 Å². The molecule has 5 heteroatoms. The zero-order valence-corrected chi connectivity index (χ0v) is 9.20. The molecule has 0 fully saturated rings. The predicted octanol–water partition coefficient (Wildman–Crippen LogP) is 2.32. The minimum atomic E-state index is 0.655. The van der Waals surface area contributed by atoms with Gasteiger partial charge in [0.05, 0.1) is 10.8 Å². The van der Waals surface area contributed by atoms with Gasteiger partial charge in [-0.05, 0) is 12.1 Å². The van der Waals surface area contributed by atoms with E-state index in [-0.39, 0.29) is 0 Å². The summed E-state index contributed by atoms with van der Waals surface area (Å²) in [6.07, 6.45) is 2.57. The number of hydrogen-bond donors (Lipinski definition) is 0. The molecule has 0 saturated heterocycles. The average Bonchev–Trinajstić information content (AvgIpc) is 2.76. The summed E-state index contributed by atoms with van der Waals surface area (Å²) in [6.45, 7) is 2.00. The minimum Gasteiger partial charge on any atom is -0.338 e. The molecule has 2 heterocycles. The largest absolute Gasteiger partial charge is 0.338 e. The SMILES string of the molecule is CCc1noc(CSc2ccccn2)n1. The molecular weight excluding hydrogens is 210 g/mol. The number of pyridine rings is 1. The van der Waals surface area contributed by atoms with E-state index in [0.29, 0.717) is 11.6 Å². The Morgan fingerprint density at radius 3 is 3.00 bits per heavy atom. The van der Waals surface area contributed by atoms with E-state index in [9.17, 15) is 0 Å². The first kappa shape index (κ1) is 10.2. The summed E-state index contributed by atoms with van der Waals surface area (Å²) < 4.78 is 5.07. The standard InChI is InChI=1S/C10H11N3OS/c1-2-8-12-9(14-13-8)7-15-10-5-3-4-6-11-10/h3-6H,2,7H2,1H3. The molecule has 2 aromatic rings. The van der Waals surface area contributed by atoms with Crippen molar-refractivity contribution in [1.82, 2.24) is 15.1 Å². The molecule has 0 unspecified atom stereocenters. The van der Waals surface area contributed by atoms with Gasteiger partial charge in [-0.1, -0.05) is 29.9 Å². The lowest BCUT2D eigenvalue weighted by Crippen LogP contribution is -1.85. The van der Waals surface area contributed by atoms with E-state index in [1.165, 1.54) is 0 Å². The molecule has 0 aliphatic heterocycles. The topological polar surface area (TPSA) is 51.8 Å². The highest BCUT2D eigenvalue weighted by atomic mass is 32.2. The van der Waals surface area contributed by atoms with Gasteiger partial charge >= 0.3 is 0 Å². The third kappa shape index (κ3) is 2.79. The lowest BCUT2D eigenvalue weighted by atomic mass is 10.5. The molecule has 15 heavy (non-hydrogen) atoms. The molecule has 0 amide bonds. The Kier molecular flexibility index (Phi) is 3.34. The number of aromatic nitrogens is 3. The molecule has 2 rings (SSSR count). The summed E-state index contributed by atoms with van der Waals surface area (Å²) in [5.74, 6) is 2.08. The van der Waals surface area contributed by atoms with Gasteiger partial charge in [-0.25, -0.2) is 4.98 Å². The molecule has 0 radical (unpaired) electrons. The quantitative estimate of drug-likeness (QED) is 0.741. The first-order valence-corrected chi connectivity index (χ1v) is 5.72. The molecule has 0 saturated carbocycles. The average molecular weight is 221 g/mol. The summed E-state index contributed by atoms with van der Waals surface area (Å²) in [7, 11) is 0.